The Hall–Kier alpha value is -1.38. The van der Waals surface area contributed by atoms with Gasteiger partial charge in [-0.15, -0.1) is 0 Å². The fraction of sp³-hybridized carbons (Fsp3) is 0.500. The Labute approximate surface area is 90.6 Å². The molecule has 2 rings (SSSR count). The molecular weight excluding hydrogens is 188 g/mol. The number of nitrogen functional groups attached to an aromatic ring is 1. The Morgan fingerprint density at radius 3 is 2.80 bits per heavy atom. The minimum Gasteiger partial charge on any atom is -0.483 e. The summed E-state index contributed by atoms with van der Waals surface area (Å²) >= 11 is 0. The summed E-state index contributed by atoms with van der Waals surface area (Å²) in [5, 5.41) is 3.37. The molecule has 0 unspecified atom stereocenters. The van der Waals surface area contributed by atoms with Gasteiger partial charge in [-0.1, -0.05) is 19.9 Å². The summed E-state index contributed by atoms with van der Waals surface area (Å²) in [6, 6.07) is 5.79. The summed E-state index contributed by atoms with van der Waals surface area (Å²) in [6.45, 7) is 5.14. The second-order valence-electron chi connectivity index (χ2n) is 4.07. The van der Waals surface area contributed by atoms with Crippen molar-refractivity contribution in [3.8, 4) is 5.75 Å². The highest BCUT2D eigenvalue weighted by Gasteiger charge is 2.33. The van der Waals surface area contributed by atoms with Crippen LogP contribution in [0.5, 0.6) is 5.75 Å². The predicted octanol–water partition coefficient (Wildman–Crippen LogP) is 2.63. The Bertz CT molecular complexity index is 359. The van der Waals surface area contributed by atoms with Crippen molar-refractivity contribution in [2.45, 2.75) is 32.3 Å². The van der Waals surface area contributed by atoms with Crippen molar-refractivity contribution in [2.75, 3.05) is 17.6 Å². The summed E-state index contributed by atoms with van der Waals surface area (Å²) in [4.78, 5) is 0. The quantitative estimate of drug-likeness (QED) is 0.731. The van der Waals surface area contributed by atoms with Gasteiger partial charge in [-0.2, -0.15) is 0 Å². The highest BCUT2D eigenvalue weighted by atomic mass is 16.5. The van der Waals surface area contributed by atoms with Crippen LogP contribution in [0.3, 0.4) is 0 Å². The molecule has 3 nitrogen and oxygen atoms in total. The molecule has 1 aromatic carbocycles. The maximum absolute atomic E-state index is 6.06. The first kappa shape index (κ1) is 10.1. The minimum atomic E-state index is -0.0687. The lowest BCUT2D eigenvalue weighted by Crippen LogP contribution is -2.44. The largest absolute Gasteiger partial charge is 0.483 e. The van der Waals surface area contributed by atoms with Gasteiger partial charge in [0.05, 0.1) is 12.2 Å². The van der Waals surface area contributed by atoms with Gasteiger partial charge in [0.15, 0.2) is 0 Å². The predicted molar refractivity (Wildman–Crippen MR) is 63.3 cm³/mol. The van der Waals surface area contributed by atoms with Gasteiger partial charge in [0.25, 0.3) is 0 Å². The summed E-state index contributed by atoms with van der Waals surface area (Å²) < 4.78 is 6.06. The number of anilines is 2. The van der Waals surface area contributed by atoms with E-state index in [2.05, 4.69) is 19.2 Å². The SMILES string of the molecule is CCC1(CC)CNc2c(N)cccc2O1. The van der Waals surface area contributed by atoms with Crippen LogP contribution in [0.25, 0.3) is 0 Å². The maximum atomic E-state index is 6.06. The van der Waals surface area contributed by atoms with Crippen molar-refractivity contribution < 1.29 is 4.74 Å². The van der Waals surface area contributed by atoms with Crippen molar-refractivity contribution in [1.82, 2.24) is 0 Å². The zero-order valence-electron chi connectivity index (χ0n) is 9.34. The highest BCUT2D eigenvalue weighted by molar-refractivity contribution is 5.74. The smallest absolute Gasteiger partial charge is 0.145 e. The van der Waals surface area contributed by atoms with Gasteiger partial charge in [-0.3, -0.25) is 0 Å². The number of benzene rings is 1. The zero-order valence-corrected chi connectivity index (χ0v) is 9.34. The third kappa shape index (κ3) is 1.62. The molecule has 1 aliphatic rings. The first-order valence-corrected chi connectivity index (χ1v) is 5.52. The number of hydrogen-bond donors (Lipinski definition) is 2. The molecule has 0 saturated carbocycles. The number of nitrogens with two attached hydrogens (primary N) is 1. The van der Waals surface area contributed by atoms with E-state index < -0.39 is 0 Å². The molecular formula is C12H18N2O. The van der Waals surface area contributed by atoms with E-state index in [0.29, 0.717) is 0 Å². The second-order valence-corrected chi connectivity index (χ2v) is 4.07. The van der Waals surface area contributed by atoms with Gasteiger partial charge in [-0.05, 0) is 25.0 Å². The van der Waals surface area contributed by atoms with Crippen molar-refractivity contribution in [3.63, 3.8) is 0 Å². The Balaban J connectivity index is 2.34. The number of para-hydroxylation sites is 1. The van der Waals surface area contributed by atoms with Gasteiger partial charge in [0, 0.05) is 0 Å². The second kappa shape index (κ2) is 3.65. The number of ether oxygens (including phenoxy) is 1. The average molecular weight is 206 g/mol. The van der Waals surface area contributed by atoms with Gasteiger partial charge < -0.3 is 15.8 Å². The first-order chi connectivity index (χ1) is 7.21. The van der Waals surface area contributed by atoms with E-state index in [1.807, 2.05) is 18.2 Å². The number of nitrogens with one attached hydrogen (secondary N) is 1. The molecule has 0 atom stereocenters. The molecule has 3 heteroatoms. The van der Waals surface area contributed by atoms with Crippen LogP contribution >= 0.6 is 0 Å². The Morgan fingerprint density at radius 1 is 1.40 bits per heavy atom. The molecule has 82 valence electrons. The van der Waals surface area contributed by atoms with E-state index >= 15 is 0 Å². The van der Waals surface area contributed by atoms with Crippen LogP contribution in [0.1, 0.15) is 26.7 Å². The standard InChI is InChI=1S/C12H18N2O/c1-3-12(4-2)8-14-11-9(13)6-5-7-10(11)15-12/h5-7,14H,3-4,8,13H2,1-2H3. The van der Waals surface area contributed by atoms with Crippen LogP contribution in [0.2, 0.25) is 0 Å². The van der Waals surface area contributed by atoms with E-state index in [4.69, 9.17) is 10.5 Å². The number of fused-ring (bicyclic) bond motifs is 1. The van der Waals surface area contributed by atoms with Crippen LogP contribution in [0, 0.1) is 0 Å². The Kier molecular flexibility index (Phi) is 2.47. The molecule has 3 N–H and O–H groups in total. The monoisotopic (exact) mass is 206 g/mol. The zero-order chi connectivity index (χ0) is 10.9. The molecule has 15 heavy (non-hydrogen) atoms. The number of hydrogen-bond acceptors (Lipinski definition) is 3. The molecule has 0 amide bonds. The Morgan fingerprint density at radius 2 is 2.13 bits per heavy atom. The third-order valence-electron chi connectivity index (χ3n) is 3.26. The van der Waals surface area contributed by atoms with E-state index in [1.165, 1.54) is 0 Å². The van der Waals surface area contributed by atoms with Crippen molar-refractivity contribution in [2.24, 2.45) is 0 Å². The van der Waals surface area contributed by atoms with Crippen LogP contribution in [0.4, 0.5) is 11.4 Å². The summed E-state index contributed by atoms with van der Waals surface area (Å²) in [5.74, 6) is 0.880. The van der Waals surface area contributed by atoms with E-state index in [0.717, 1.165) is 36.5 Å². The van der Waals surface area contributed by atoms with E-state index in [-0.39, 0.29) is 5.60 Å². The van der Waals surface area contributed by atoms with Crippen LogP contribution < -0.4 is 15.8 Å². The molecule has 1 heterocycles. The molecule has 0 fully saturated rings. The lowest BCUT2D eigenvalue weighted by molar-refractivity contribution is 0.0672. The van der Waals surface area contributed by atoms with Gasteiger partial charge in [-0.25, -0.2) is 0 Å². The molecule has 1 aliphatic heterocycles. The van der Waals surface area contributed by atoms with E-state index in [1.54, 1.807) is 0 Å². The summed E-state index contributed by atoms with van der Waals surface area (Å²) in [5.41, 5.74) is 7.50. The van der Waals surface area contributed by atoms with Crippen molar-refractivity contribution in [3.05, 3.63) is 18.2 Å². The minimum absolute atomic E-state index is 0.0687. The topological polar surface area (TPSA) is 47.3 Å². The molecule has 0 aliphatic carbocycles. The molecule has 0 saturated heterocycles. The molecule has 0 spiro atoms. The normalized spacial score (nSPS) is 17.5. The van der Waals surface area contributed by atoms with Crippen molar-refractivity contribution in [1.29, 1.82) is 0 Å². The van der Waals surface area contributed by atoms with Gasteiger partial charge >= 0.3 is 0 Å². The fourth-order valence-corrected chi connectivity index (χ4v) is 1.99. The van der Waals surface area contributed by atoms with E-state index in [9.17, 15) is 0 Å². The van der Waals surface area contributed by atoms with Gasteiger partial charge in [0.2, 0.25) is 0 Å². The van der Waals surface area contributed by atoms with Crippen LogP contribution in [-0.4, -0.2) is 12.1 Å². The lowest BCUT2D eigenvalue weighted by Gasteiger charge is -2.38. The van der Waals surface area contributed by atoms with Gasteiger partial charge in [0.1, 0.15) is 17.0 Å². The fourth-order valence-electron chi connectivity index (χ4n) is 1.99. The van der Waals surface area contributed by atoms with Crippen LogP contribution in [-0.2, 0) is 0 Å². The molecule has 1 aromatic rings. The summed E-state index contributed by atoms with van der Waals surface area (Å²) in [6.07, 6.45) is 2.01. The average Bonchev–Trinajstić information content (AvgIpc) is 2.29. The molecule has 0 radical (unpaired) electrons. The lowest BCUT2D eigenvalue weighted by atomic mass is 9.95. The third-order valence-corrected chi connectivity index (χ3v) is 3.26. The summed E-state index contributed by atoms with van der Waals surface area (Å²) in [7, 11) is 0. The first-order valence-electron chi connectivity index (χ1n) is 5.52. The van der Waals surface area contributed by atoms with Crippen molar-refractivity contribution >= 4 is 11.4 Å². The molecule has 0 aromatic heterocycles. The van der Waals surface area contributed by atoms with Crippen LogP contribution in [0.15, 0.2) is 18.2 Å². The maximum Gasteiger partial charge on any atom is 0.145 e. The number of rotatable bonds is 2. The molecule has 0 bridgehead atoms. The highest BCUT2D eigenvalue weighted by Crippen LogP contribution is 2.39.